The molecule has 1 aromatic rings. The lowest BCUT2D eigenvalue weighted by molar-refractivity contribution is 0.359. The molecule has 0 aromatic heterocycles. The molecule has 3 nitrogen and oxygen atoms in total. The van der Waals surface area contributed by atoms with Crippen LogP contribution in [0.15, 0.2) is 36.9 Å². The van der Waals surface area contributed by atoms with Crippen molar-refractivity contribution in [2.45, 2.75) is 12.5 Å². The smallest absolute Gasteiger partial charge is 0.311 e. The van der Waals surface area contributed by atoms with Gasteiger partial charge >= 0.3 is 6.04 Å². The zero-order valence-corrected chi connectivity index (χ0v) is 8.89. The molecule has 1 unspecified atom stereocenters. The van der Waals surface area contributed by atoms with Crippen LogP contribution in [0.25, 0.3) is 4.85 Å². The standard InChI is InChI=1S/C13H12N2O/c1-3-8-16-13-7-5-4-6-11(13)9-12(10-14)15-2/h3-7,12H,1,8-9H2. The number of hydrogen-bond donors (Lipinski definition) is 0. The molecule has 3 heteroatoms. The van der Waals surface area contributed by atoms with Crippen LogP contribution in [0.4, 0.5) is 0 Å². The highest BCUT2D eigenvalue weighted by Crippen LogP contribution is 2.20. The van der Waals surface area contributed by atoms with Gasteiger partial charge in [0.25, 0.3) is 0 Å². The average Bonchev–Trinajstić information content (AvgIpc) is 2.34. The molecule has 1 rings (SSSR count). The summed E-state index contributed by atoms with van der Waals surface area (Å²) in [5.41, 5.74) is 0.881. The molecule has 0 aliphatic carbocycles. The maximum absolute atomic E-state index is 8.73. The van der Waals surface area contributed by atoms with Gasteiger partial charge in [-0.25, -0.2) is 6.57 Å². The van der Waals surface area contributed by atoms with Crippen molar-refractivity contribution in [1.82, 2.24) is 0 Å². The largest absolute Gasteiger partial charge is 0.489 e. The van der Waals surface area contributed by atoms with Gasteiger partial charge in [0, 0.05) is 5.56 Å². The quantitative estimate of drug-likeness (QED) is 0.555. The van der Waals surface area contributed by atoms with Crippen molar-refractivity contribution in [3.8, 4) is 11.8 Å². The summed E-state index contributed by atoms with van der Waals surface area (Å²) < 4.78 is 5.45. The Hall–Kier alpha value is -2.26. The molecule has 0 radical (unpaired) electrons. The average molecular weight is 212 g/mol. The molecule has 0 amide bonds. The number of benzene rings is 1. The van der Waals surface area contributed by atoms with Crippen LogP contribution in [0.1, 0.15) is 5.56 Å². The number of rotatable bonds is 5. The van der Waals surface area contributed by atoms with Gasteiger partial charge in [0.1, 0.15) is 12.4 Å². The van der Waals surface area contributed by atoms with Crippen molar-refractivity contribution >= 4 is 0 Å². The molecular formula is C13H12N2O. The highest BCUT2D eigenvalue weighted by Gasteiger charge is 2.14. The van der Waals surface area contributed by atoms with Crippen LogP contribution in [-0.2, 0) is 6.42 Å². The van der Waals surface area contributed by atoms with Crippen LogP contribution in [-0.4, -0.2) is 12.6 Å². The number of hydrogen-bond acceptors (Lipinski definition) is 2. The minimum absolute atomic E-state index is 0.396. The first-order valence-electron chi connectivity index (χ1n) is 4.89. The SMILES string of the molecule is [C-]#[N+]C(C#N)Cc1ccccc1OCC=C. The normalized spacial score (nSPS) is 10.9. The molecule has 0 bridgehead atoms. The molecule has 0 saturated heterocycles. The van der Waals surface area contributed by atoms with Crippen molar-refractivity contribution in [2.24, 2.45) is 0 Å². The van der Waals surface area contributed by atoms with Crippen LogP contribution in [0, 0.1) is 17.9 Å². The molecule has 0 fully saturated rings. The topological polar surface area (TPSA) is 37.4 Å². The van der Waals surface area contributed by atoms with Gasteiger partial charge in [-0.3, -0.25) is 4.85 Å². The maximum Gasteiger partial charge on any atom is 0.311 e. The third-order valence-corrected chi connectivity index (χ3v) is 2.05. The van der Waals surface area contributed by atoms with Gasteiger partial charge in [0.05, 0.1) is 6.42 Å². The summed E-state index contributed by atoms with van der Waals surface area (Å²) in [4.78, 5) is 3.24. The molecular weight excluding hydrogens is 200 g/mol. The number of nitriles is 1. The van der Waals surface area contributed by atoms with E-state index in [1.54, 1.807) is 6.08 Å². The first-order chi connectivity index (χ1) is 7.81. The minimum Gasteiger partial charge on any atom is -0.489 e. The van der Waals surface area contributed by atoms with Crippen LogP contribution in [0.2, 0.25) is 0 Å². The Bertz CT molecular complexity index is 426. The van der Waals surface area contributed by atoms with Crippen molar-refractivity contribution < 1.29 is 4.74 Å². The number of ether oxygens (including phenoxy) is 1. The summed E-state index contributed by atoms with van der Waals surface area (Å²) >= 11 is 0. The second-order valence-electron chi connectivity index (χ2n) is 3.19. The predicted octanol–water partition coefficient (Wildman–Crippen LogP) is 2.61. The van der Waals surface area contributed by atoms with E-state index >= 15 is 0 Å². The summed E-state index contributed by atoms with van der Waals surface area (Å²) in [5, 5.41) is 8.73. The van der Waals surface area contributed by atoms with Gasteiger partial charge in [-0.05, 0) is 6.07 Å². The van der Waals surface area contributed by atoms with Gasteiger partial charge in [0.15, 0.2) is 6.07 Å². The van der Waals surface area contributed by atoms with E-state index in [-0.39, 0.29) is 0 Å². The highest BCUT2D eigenvalue weighted by atomic mass is 16.5. The van der Waals surface area contributed by atoms with Gasteiger partial charge in [-0.2, -0.15) is 5.26 Å². The molecule has 0 spiro atoms. The fourth-order valence-electron chi connectivity index (χ4n) is 1.29. The Morgan fingerprint density at radius 3 is 2.94 bits per heavy atom. The lowest BCUT2D eigenvalue weighted by atomic mass is 10.1. The van der Waals surface area contributed by atoms with E-state index in [1.807, 2.05) is 30.3 Å². The fourth-order valence-corrected chi connectivity index (χ4v) is 1.29. The molecule has 0 aliphatic heterocycles. The second-order valence-corrected chi connectivity index (χ2v) is 3.19. The Morgan fingerprint density at radius 2 is 2.31 bits per heavy atom. The maximum atomic E-state index is 8.73. The van der Waals surface area contributed by atoms with Crippen molar-refractivity contribution in [3.05, 3.63) is 53.9 Å². The Kier molecular flexibility index (Phi) is 4.63. The van der Waals surface area contributed by atoms with E-state index in [9.17, 15) is 0 Å². The lowest BCUT2D eigenvalue weighted by Gasteiger charge is -2.08. The van der Waals surface area contributed by atoms with E-state index in [2.05, 4.69) is 11.4 Å². The summed E-state index contributed by atoms with van der Waals surface area (Å²) in [6.07, 6.45) is 2.06. The predicted molar refractivity (Wildman–Crippen MR) is 61.8 cm³/mol. The first-order valence-corrected chi connectivity index (χ1v) is 4.89. The molecule has 0 aliphatic rings. The number of para-hydroxylation sites is 1. The lowest BCUT2D eigenvalue weighted by Crippen LogP contribution is -2.05. The van der Waals surface area contributed by atoms with Crippen LogP contribution < -0.4 is 4.74 Å². The highest BCUT2D eigenvalue weighted by molar-refractivity contribution is 5.35. The van der Waals surface area contributed by atoms with E-state index in [0.717, 1.165) is 5.56 Å². The summed E-state index contributed by atoms with van der Waals surface area (Å²) in [6.45, 7) is 10.9. The van der Waals surface area contributed by atoms with Crippen molar-refractivity contribution in [1.29, 1.82) is 5.26 Å². The van der Waals surface area contributed by atoms with Crippen LogP contribution >= 0.6 is 0 Å². The van der Waals surface area contributed by atoms with E-state index in [4.69, 9.17) is 16.6 Å². The van der Waals surface area contributed by atoms with E-state index in [0.29, 0.717) is 18.8 Å². The molecule has 80 valence electrons. The molecule has 0 heterocycles. The van der Waals surface area contributed by atoms with Crippen molar-refractivity contribution in [3.63, 3.8) is 0 Å². The summed E-state index contributed by atoms with van der Waals surface area (Å²) in [5.74, 6) is 0.714. The third kappa shape index (κ3) is 3.15. The number of nitrogens with zero attached hydrogens (tertiary/aromatic N) is 2. The zero-order valence-electron chi connectivity index (χ0n) is 8.89. The Labute approximate surface area is 95.4 Å². The molecule has 1 aromatic carbocycles. The van der Waals surface area contributed by atoms with Gasteiger partial charge < -0.3 is 4.74 Å². The minimum atomic E-state index is -0.645. The molecule has 1 atom stereocenters. The van der Waals surface area contributed by atoms with E-state index in [1.165, 1.54) is 0 Å². The van der Waals surface area contributed by atoms with Crippen molar-refractivity contribution in [2.75, 3.05) is 6.61 Å². The Morgan fingerprint density at radius 1 is 1.56 bits per heavy atom. The zero-order chi connectivity index (χ0) is 11.8. The molecule has 0 N–H and O–H groups in total. The summed E-state index contributed by atoms with van der Waals surface area (Å²) in [7, 11) is 0. The van der Waals surface area contributed by atoms with Gasteiger partial charge in [0.2, 0.25) is 0 Å². The van der Waals surface area contributed by atoms with Gasteiger partial charge in [-0.1, -0.05) is 30.9 Å². The monoisotopic (exact) mass is 212 g/mol. The molecule has 16 heavy (non-hydrogen) atoms. The van der Waals surface area contributed by atoms with Crippen LogP contribution in [0.3, 0.4) is 0 Å². The second kappa shape index (κ2) is 6.27. The van der Waals surface area contributed by atoms with E-state index < -0.39 is 6.04 Å². The first kappa shape index (κ1) is 11.8. The third-order valence-electron chi connectivity index (χ3n) is 2.05. The summed E-state index contributed by atoms with van der Waals surface area (Å²) in [6, 6.07) is 8.74. The molecule has 0 saturated carbocycles. The van der Waals surface area contributed by atoms with Crippen LogP contribution in [0.5, 0.6) is 5.75 Å². The fraction of sp³-hybridized carbons (Fsp3) is 0.231. The Balaban J connectivity index is 2.83. The van der Waals surface area contributed by atoms with Gasteiger partial charge in [-0.15, -0.1) is 0 Å².